The maximum Gasteiger partial charge on any atom is 0.277 e. The first-order valence-electron chi connectivity index (χ1n) is 9.77. The number of amides is 1. The third kappa shape index (κ3) is 5.48. The van der Waals surface area contributed by atoms with Crippen molar-refractivity contribution in [1.82, 2.24) is 10.2 Å². The van der Waals surface area contributed by atoms with Gasteiger partial charge in [-0.25, -0.2) is 0 Å². The van der Waals surface area contributed by atoms with Gasteiger partial charge in [-0.3, -0.25) is 4.79 Å². The molecule has 0 spiro atoms. The summed E-state index contributed by atoms with van der Waals surface area (Å²) in [4.78, 5) is 12.5. The van der Waals surface area contributed by atoms with Crippen LogP contribution in [0.4, 0.5) is 5.69 Å². The molecule has 0 aliphatic rings. The molecule has 0 bridgehead atoms. The van der Waals surface area contributed by atoms with Crippen LogP contribution in [0.5, 0.6) is 0 Å². The van der Waals surface area contributed by atoms with Gasteiger partial charge in [-0.2, -0.15) is 0 Å². The summed E-state index contributed by atoms with van der Waals surface area (Å²) in [5, 5.41) is 11.1. The first kappa shape index (κ1) is 21.1. The van der Waals surface area contributed by atoms with Gasteiger partial charge in [-0.15, -0.1) is 10.2 Å². The van der Waals surface area contributed by atoms with E-state index in [-0.39, 0.29) is 16.6 Å². The van der Waals surface area contributed by atoms with Crippen LogP contribution in [0, 0.1) is 0 Å². The monoisotopic (exact) mass is 409 g/mol. The molecule has 0 fully saturated rings. The van der Waals surface area contributed by atoms with Crippen LogP contribution in [0.15, 0.2) is 58.2 Å². The fourth-order valence-electron chi connectivity index (χ4n) is 2.76. The van der Waals surface area contributed by atoms with E-state index in [1.54, 1.807) is 0 Å². The predicted molar refractivity (Wildman–Crippen MR) is 118 cm³/mol. The lowest BCUT2D eigenvalue weighted by molar-refractivity contribution is -0.115. The van der Waals surface area contributed by atoms with Gasteiger partial charge < -0.3 is 9.73 Å². The minimum Gasteiger partial charge on any atom is -0.411 e. The average molecular weight is 410 g/mol. The van der Waals surface area contributed by atoms with E-state index in [1.165, 1.54) is 22.9 Å². The Hall–Kier alpha value is -2.60. The summed E-state index contributed by atoms with van der Waals surface area (Å²) >= 11 is 1.25. The molecule has 3 rings (SSSR count). The fourth-order valence-corrected chi connectivity index (χ4v) is 3.44. The zero-order valence-corrected chi connectivity index (χ0v) is 18.3. The van der Waals surface area contributed by atoms with E-state index >= 15 is 0 Å². The second-order valence-corrected chi connectivity index (χ2v) is 9.29. The van der Waals surface area contributed by atoms with Crippen molar-refractivity contribution in [2.75, 3.05) is 5.32 Å². The smallest absolute Gasteiger partial charge is 0.277 e. The van der Waals surface area contributed by atoms with Crippen molar-refractivity contribution in [3.8, 4) is 11.5 Å². The first-order chi connectivity index (χ1) is 13.8. The summed E-state index contributed by atoms with van der Waals surface area (Å²) in [5.41, 5.74) is 4.22. The molecule has 1 aromatic heterocycles. The highest BCUT2D eigenvalue weighted by Gasteiger charge is 2.19. The second kappa shape index (κ2) is 8.82. The van der Waals surface area contributed by atoms with Gasteiger partial charge in [0.05, 0.1) is 5.25 Å². The molecule has 6 heteroatoms. The summed E-state index contributed by atoms with van der Waals surface area (Å²) in [5.74, 6) is 0.351. The molecule has 0 aliphatic heterocycles. The number of carbonyl (C=O) groups is 1. The van der Waals surface area contributed by atoms with Crippen molar-refractivity contribution < 1.29 is 9.21 Å². The van der Waals surface area contributed by atoms with Gasteiger partial charge in [-0.05, 0) is 54.2 Å². The highest BCUT2D eigenvalue weighted by Crippen LogP contribution is 2.29. The molecule has 0 saturated heterocycles. The molecule has 3 aromatic rings. The number of benzene rings is 2. The highest BCUT2D eigenvalue weighted by atomic mass is 32.2. The SMILES string of the molecule is CCc1ccc(NC(=O)[C@@H](C)Sc2nnc(-c3ccc(C(C)(C)C)cc3)o2)cc1. The topological polar surface area (TPSA) is 68.0 Å². The van der Waals surface area contributed by atoms with Crippen LogP contribution >= 0.6 is 11.8 Å². The van der Waals surface area contributed by atoms with E-state index in [9.17, 15) is 4.79 Å². The van der Waals surface area contributed by atoms with Gasteiger partial charge in [0, 0.05) is 11.3 Å². The minimum atomic E-state index is -0.364. The van der Waals surface area contributed by atoms with Crippen LogP contribution in [0.2, 0.25) is 0 Å². The molecule has 1 heterocycles. The Bertz CT molecular complexity index is 957. The molecule has 1 amide bonds. The fraction of sp³-hybridized carbons (Fsp3) is 0.348. The zero-order valence-electron chi connectivity index (χ0n) is 17.5. The maximum absolute atomic E-state index is 12.5. The van der Waals surface area contributed by atoms with Crippen molar-refractivity contribution in [1.29, 1.82) is 0 Å². The van der Waals surface area contributed by atoms with Crippen LogP contribution in [0.1, 0.15) is 45.7 Å². The molecule has 1 N–H and O–H groups in total. The molecule has 1 atom stereocenters. The number of rotatable bonds is 6. The Balaban J connectivity index is 1.62. The number of nitrogens with zero attached hydrogens (tertiary/aromatic N) is 2. The van der Waals surface area contributed by atoms with Gasteiger partial charge in [0.25, 0.3) is 5.22 Å². The highest BCUT2D eigenvalue weighted by molar-refractivity contribution is 8.00. The van der Waals surface area contributed by atoms with Crippen molar-refractivity contribution in [2.24, 2.45) is 0 Å². The lowest BCUT2D eigenvalue weighted by atomic mass is 9.87. The zero-order chi connectivity index (χ0) is 21.0. The van der Waals surface area contributed by atoms with Crippen molar-refractivity contribution in [3.05, 3.63) is 59.7 Å². The Morgan fingerprint density at radius 1 is 1.07 bits per heavy atom. The summed E-state index contributed by atoms with van der Waals surface area (Å²) in [7, 11) is 0. The Kier molecular flexibility index (Phi) is 6.42. The molecule has 5 nitrogen and oxygen atoms in total. The number of aromatic nitrogens is 2. The van der Waals surface area contributed by atoms with E-state index in [2.05, 4.69) is 55.3 Å². The molecule has 0 aliphatic carbocycles. The van der Waals surface area contributed by atoms with Crippen LogP contribution in [-0.4, -0.2) is 21.4 Å². The summed E-state index contributed by atoms with van der Waals surface area (Å²) in [6, 6.07) is 16.0. The normalized spacial score (nSPS) is 12.6. The predicted octanol–water partition coefficient (Wildman–Crippen LogP) is 5.72. The molecule has 2 aromatic carbocycles. The van der Waals surface area contributed by atoms with Gasteiger partial charge in [0.1, 0.15) is 0 Å². The van der Waals surface area contributed by atoms with Gasteiger partial charge >= 0.3 is 0 Å². The molecule has 0 saturated carbocycles. The van der Waals surface area contributed by atoms with E-state index < -0.39 is 0 Å². The van der Waals surface area contributed by atoms with E-state index in [4.69, 9.17) is 4.42 Å². The first-order valence-corrected chi connectivity index (χ1v) is 10.6. The van der Waals surface area contributed by atoms with Crippen LogP contribution < -0.4 is 5.32 Å². The number of nitrogens with one attached hydrogen (secondary N) is 1. The Labute approximate surface area is 176 Å². The lowest BCUT2D eigenvalue weighted by Gasteiger charge is -2.18. The van der Waals surface area contributed by atoms with E-state index in [0.29, 0.717) is 11.1 Å². The van der Waals surface area contributed by atoms with Crippen LogP contribution in [0.25, 0.3) is 11.5 Å². The standard InChI is InChI=1S/C23H27N3O2S/c1-6-16-7-13-19(14-8-16)24-20(27)15(2)29-22-26-25-21(28-22)17-9-11-18(12-10-17)23(3,4)5/h7-15H,6H2,1-5H3,(H,24,27)/t15-/m1/s1. The number of hydrogen-bond donors (Lipinski definition) is 1. The van der Waals surface area contributed by atoms with Gasteiger partial charge in [0.15, 0.2) is 0 Å². The molecule has 29 heavy (non-hydrogen) atoms. The Morgan fingerprint density at radius 2 is 1.72 bits per heavy atom. The van der Waals surface area contributed by atoms with Crippen molar-refractivity contribution >= 4 is 23.4 Å². The summed E-state index contributed by atoms with van der Waals surface area (Å²) < 4.78 is 5.76. The van der Waals surface area contributed by atoms with Crippen LogP contribution in [0.3, 0.4) is 0 Å². The number of aryl methyl sites for hydroxylation is 1. The minimum absolute atomic E-state index is 0.0913. The number of anilines is 1. The Morgan fingerprint density at radius 3 is 2.31 bits per heavy atom. The molecule has 0 unspecified atom stereocenters. The summed E-state index contributed by atoms with van der Waals surface area (Å²) in [6.45, 7) is 10.4. The number of thioether (sulfide) groups is 1. The maximum atomic E-state index is 12.5. The molecule has 152 valence electrons. The quantitative estimate of drug-likeness (QED) is 0.528. The molecular weight excluding hydrogens is 382 g/mol. The number of carbonyl (C=O) groups excluding carboxylic acids is 1. The largest absolute Gasteiger partial charge is 0.411 e. The lowest BCUT2D eigenvalue weighted by Crippen LogP contribution is -2.22. The van der Waals surface area contributed by atoms with E-state index in [1.807, 2.05) is 43.3 Å². The van der Waals surface area contributed by atoms with Crippen molar-refractivity contribution in [3.63, 3.8) is 0 Å². The van der Waals surface area contributed by atoms with Crippen LogP contribution in [-0.2, 0) is 16.6 Å². The molecule has 0 radical (unpaired) electrons. The third-order valence-corrected chi connectivity index (χ3v) is 5.62. The number of hydrogen-bond acceptors (Lipinski definition) is 5. The third-order valence-electron chi connectivity index (χ3n) is 4.68. The molecular formula is C23H27N3O2S. The average Bonchev–Trinajstić information content (AvgIpc) is 3.16. The second-order valence-electron chi connectivity index (χ2n) is 8.00. The van der Waals surface area contributed by atoms with E-state index in [0.717, 1.165) is 17.7 Å². The van der Waals surface area contributed by atoms with Gasteiger partial charge in [-0.1, -0.05) is 63.7 Å². The van der Waals surface area contributed by atoms with Crippen molar-refractivity contribution in [2.45, 2.75) is 56.9 Å². The van der Waals surface area contributed by atoms with Gasteiger partial charge in [0.2, 0.25) is 11.8 Å². The summed E-state index contributed by atoms with van der Waals surface area (Å²) in [6.07, 6.45) is 0.971.